The van der Waals surface area contributed by atoms with Gasteiger partial charge in [0.2, 0.25) is 0 Å². The van der Waals surface area contributed by atoms with Crippen LogP contribution < -0.4 is 24.8 Å². The molecule has 1 aliphatic heterocycles. The molecule has 0 bridgehead atoms. The largest absolute Gasteiger partial charge is 0.493 e. The molecule has 0 aromatic heterocycles. The van der Waals surface area contributed by atoms with Crippen LogP contribution in [-0.4, -0.2) is 31.6 Å². The third kappa shape index (κ3) is 5.23. The van der Waals surface area contributed by atoms with Crippen LogP contribution in [0.5, 0.6) is 17.2 Å². The molecule has 2 amide bonds. The van der Waals surface area contributed by atoms with Crippen molar-refractivity contribution < 1.29 is 23.8 Å². The van der Waals surface area contributed by atoms with Gasteiger partial charge in [-0.2, -0.15) is 0 Å². The van der Waals surface area contributed by atoms with E-state index in [4.69, 9.17) is 14.2 Å². The Morgan fingerprint density at radius 3 is 2.73 bits per heavy atom. The first kappa shape index (κ1) is 21.5. The van der Waals surface area contributed by atoms with Crippen molar-refractivity contribution in [3.05, 3.63) is 42.0 Å². The molecule has 0 aliphatic carbocycles. The maximum Gasteiger partial charge on any atom is 0.265 e. The van der Waals surface area contributed by atoms with E-state index in [0.717, 1.165) is 12.8 Å². The average molecular weight is 412 g/mol. The van der Waals surface area contributed by atoms with Crippen molar-refractivity contribution in [3.8, 4) is 17.2 Å². The van der Waals surface area contributed by atoms with Crippen LogP contribution in [0.1, 0.15) is 49.9 Å². The first-order valence-corrected chi connectivity index (χ1v) is 10.3. The number of amides is 2. The molecule has 30 heavy (non-hydrogen) atoms. The zero-order valence-electron chi connectivity index (χ0n) is 17.6. The smallest absolute Gasteiger partial charge is 0.265 e. The van der Waals surface area contributed by atoms with E-state index in [1.54, 1.807) is 50.4 Å². The lowest BCUT2D eigenvalue weighted by Gasteiger charge is -2.23. The summed E-state index contributed by atoms with van der Waals surface area (Å²) in [6, 6.07) is 10.2. The van der Waals surface area contributed by atoms with Gasteiger partial charge in [-0.3, -0.25) is 9.59 Å². The van der Waals surface area contributed by atoms with Crippen LogP contribution >= 0.6 is 0 Å². The Hall–Kier alpha value is -3.22. The second-order valence-corrected chi connectivity index (χ2v) is 7.19. The number of hydrogen-bond donors (Lipinski definition) is 2. The Morgan fingerprint density at radius 1 is 1.13 bits per heavy atom. The second kappa shape index (κ2) is 10.0. The first-order chi connectivity index (χ1) is 14.5. The molecule has 2 aromatic carbocycles. The summed E-state index contributed by atoms with van der Waals surface area (Å²) < 4.78 is 16.7. The lowest BCUT2D eigenvalue weighted by Crippen LogP contribution is -2.34. The standard InChI is InChI=1S/C23H28N2O5/c1-4-5-6-7-12-29-20-10-8-16(13-21(20)28-3)23(27)24-17-9-11-19-18(14-17)25-22(26)15(2)30-19/h8-11,13-15H,4-7,12H2,1-3H3,(H,24,27)(H,25,26)/t15-/m1/s1. The monoisotopic (exact) mass is 412 g/mol. The molecule has 1 atom stereocenters. The molecule has 2 aromatic rings. The SMILES string of the molecule is CCCCCCOc1ccc(C(=O)Nc2ccc3c(c2)NC(=O)[C@@H](C)O3)cc1OC. The maximum absolute atomic E-state index is 12.7. The number of ether oxygens (including phenoxy) is 3. The first-order valence-electron chi connectivity index (χ1n) is 10.3. The van der Waals surface area contributed by atoms with Crippen LogP contribution in [0.25, 0.3) is 0 Å². The molecule has 0 radical (unpaired) electrons. The van der Waals surface area contributed by atoms with Crippen LogP contribution in [0, 0.1) is 0 Å². The normalized spacial score (nSPS) is 14.9. The zero-order chi connectivity index (χ0) is 21.5. The molecule has 0 saturated carbocycles. The van der Waals surface area contributed by atoms with Crippen LogP contribution in [-0.2, 0) is 4.79 Å². The van der Waals surface area contributed by atoms with Gasteiger partial charge in [0.05, 0.1) is 19.4 Å². The molecular weight excluding hydrogens is 384 g/mol. The van der Waals surface area contributed by atoms with E-state index in [2.05, 4.69) is 17.6 Å². The number of carbonyl (C=O) groups is 2. The van der Waals surface area contributed by atoms with Gasteiger partial charge in [0.25, 0.3) is 11.8 Å². The number of benzene rings is 2. The Morgan fingerprint density at radius 2 is 1.97 bits per heavy atom. The van der Waals surface area contributed by atoms with Crippen LogP contribution in [0.2, 0.25) is 0 Å². The third-order valence-corrected chi connectivity index (χ3v) is 4.85. The van der Waals surface area contributed by atoms with E-state index >= 15 is 0 Å². The fraction of sp³-hybridized carbons (Fsp3) is 0.391. The quantitative estimate of drug-likeness (QED) is 0.587. The van der Waals surface area contributed by atoms with Gasteiger partial charge in [-0.15, -0.1) is 0 Å². The van der Waals surface area contributed by atoms with Crippen molar-refractivity contribution in [1.29, 1.82) is 0 Å². The summed E-state index contributed by atoms with van der Waals surface area (Å²) in [4.78, 5) is 24.5. The summed E-state index contributed by atoms with van der Waals surface area (Å²) in [6.07, 6.45) is 3.94. The number of anilines is 2. The van der Waals surface area contributed by atoms with Crippen molar-refractivity contribution >= 4 is 23.2 Å². The molecule has 0 fully saturated rings. The van der Waals surface area contributed by atoms with Crippen LogP contribution in [0.4, 0.5) is 11.4 Å². The Balaban J connectivity index is 1.65. The summed E-state index contributed by atoms with van der Waals surface area (Å²) in [5, 5.41) is 5.60. The summed E-state index contributed by atoms with van der Waals surface area (Å²) >= 11 is 0. The van der Waals surface area contributed by atoms with Gasteiger partial charge in [0.15, 0.2) is 17.6 Å². The number of nitrogens with one attached hydrogen (secondary N) is 2. The van der Waals surface area contributed by atoms with Crippen molar-refractivity contribution in [3.63, 3.8) is 0 Å². The highest BCUT2D eigenvalue weighted by Gasteiger charge is 2.23. The molecule has 160 valence electrons. The van der Waals surface area contributed by atoms with Gasteiger partial charge < -0.3 is 24.8 Å². The van der Waals surface area contributed by atoms with E-state index in [-0.39, 0.29) is 11.8 Å². The second-order valence-electron chi connectivity index (χ2n) is 7.19. The Bertz CT molecular complexity index is 912. The fourth-order valence-corrected chi connectivity index (χ4v) is 3.13. The number of rotatable bonds is 9. The number of fused-ring (bicyclic) bond motifs is 1. The van der Waals surface area contributed by atoms with Crippen molar-refractivity contribution in [1.82, 2.24) is 0 Å². The minimum Gasteiger partial charge on any atom is -0.493 e. The molecule has 7 heteroatoms. The summed E-state index contributed by atoms with van der Waals surface area (Å²) in [5.74, 6) is 1.19. The lowest BCUT2D eigenvalue weighted by atomic mass is 10.1. The highest BCUT2D eigenvalue weighted by atomic mass is 16.5. The topological polar surface area (TPSA) is 85.9 Å². The minimum atomic E-state index is -0.544. The van der Waals surface area contributed by atoms with Crippen LogP contribution in [0.15, 0.2) is 36.4 Å². The van der Waals surface area contributed by atoms with E-state index in [1.165, 1.54) is 12.8 Å². The maximum atomic E-state index is 12.7. The fourth-order valence-electron chi connectivity index (χ4n) is 3.13. The number of hydrogen-bond acceptors (Lipinski definition) is 5. The van der Waals surface area contributed by atoms with Crippen molar-refractivity contribution in [2.75, 3.05) is 24.4 Å². The van der Waals surface area contributed by atoms with Gasteiger partial charge in [-0.25, -0.2) is 0 Å². The predicted molar refractivity (Wildman–Crippen MR) is 116 cm³/mol. The molecule has 7 nitrogen and oxygen atoms in total. The number of methoxy groups -OCH3 is 1. The highest BCUT2D eigenvalue weighted by molar-refractivity contribution is 6.05. The number of unbranched alkanes of at least 4 members (excludes halogenated alkanes) is 3. The van der Waals surface area contributed by atoms with Gasteiger partial charge in [0.1, 0.15) is 5.75 Å². The van der Waals surface area contributed by atoms with E-state index in [9.17, 15) is 9.59 Å². The van der Waals surface area contributed by atoms with Gasteiger partial charge in [0, 0.05) is 11.3 Å². The molecule has 3 rings (SSSR count). The van der Waals surface area contributed by atoms with Crippen molar-refractivity contribution in [2.24, 2.45) is 0 Å². The molecule has 0 spiro atoms. The van der Waals surface area contributed by atoms with Crippen molar-refractivity contribution in [2.45, 2.75) is 45.6 Å². The summed E-state index contributed by atoms with van der Waals surface area (Å²) in [5.41, 5.74) is 1.52. The minimum absolute atomic E-state index is 0.221. The molecule has 1 heterocycles. The Labute approximate surface area is 176 Å². The molecule has 2 N–H and O–H groups in total. The van der Waals surface area contributed by atoms with E-state index in [1.807, 2.05) is 0 Å². The average Bonchev–Trinajstić information content (AvgIpc) is 2.74. The van der Waals surface area contributed by atoms with Gasteiger partial charge >= 0.3 is 0 Å². The summed E-state index contributed by atoms with van der Waals surface area (Å²) in [6.45, 7) is 4.46. The predicted octanol–water partition coefficient (Wildman–Crippen LogP) is 4.63. The van der Waals surface area contributed by atoms with E-state index in [0.29, 0.717) is 40.8 Å². The Kier molecular flexibility index (Phi) is 7.17. The summed E-state index contributed by atoms with van der Waals surface area (Å²) in [7, 11) is 1.55. The number of carbonyl (C=O) groups excluding carboxylic acids is 2. The zero-order valence-corrected chi connectivity index (χ0v) is 17.6. The molecule has 1 aliphatic rings. The van der Waals surface area contributed by atoms with Crippen LogP contribution in [0.3, 0.4) is 0 Å². The molecule has 0 unspecified atom stereocenters. The lowest BCUT2D eigenvalue weighted by molar-refractivity contribution is -0.122. The third-order valence-electron chi connectivity index (χ3n) is 4.85. The van der Waals surface area contributed by atoms with E-state index < -0.39 is 6.10 Å². The van der Waals surface area contributed by atoms with Gasteiger partial charge in [-0.1, -0.05) is 26.2 Å². The molecule has 0 saturated heterocycles. The highest BCUT2D eigenvalue weighted by Crippen LogP contribution is 2.33. The molecular formula is C23H28N2O5. The van der Waals surface area contributed by atoms with Gasteiger partial charge in [-0.05, 0) is 49.7 Å².